The molecule has 0 unspecified atom stereocenters. The highest BCUT2D eigenvalue weighted by Gasteiger charge is 2.30. The topological polar surface area (TPSA) is 26.8 Å². The van der Waals surface area contributed by atoms with Gasteiger partial charge in [0.25, 0.3) is 0 Å². The second-order valence-corrected chi connectivity index (χ2v) is 8.80. The van der Waals surface area contributed by atoms with Crippen LogP contribution in [0.5, 0.6) is 0 Å². The number of carbonyl (C=O) groups is 1. The number of benzene rings is 1. The molecule has 1 fully saturated rings. The van der Waals surface area contributed by atoms with E-state index in [9.17, 15) is 4.79 Å². The summed E-state index contributed by atoms with van der Waals surface area (Å²) in [6, 6.07) is 9.59. The Hall–Kier alpha value is -1.65. The summed E-state index contributed by atoms with van der Waals surface area (Å²) in [4.78, 5) is 19.5. The molecule has 0 spiro atoms. The van der Waals surface area contributed by atoms with Crippen LogP contribution in [0.25, 0.3) is 0 Å². The first kappa shape index (κ1) is 21.1. The van der Waals surface area contributed by atoms with Crippen LogP contribution in [-0.2, 0) is 17.6 Å². The van der Waals surface area contributed by atoms with Gasteiger partial charge in [-0.3, -0.25) is 9.69 Å². The van der Waals surface area contributed by atoms with Gasteiger partial charge in [0.05, 0.1) is 0 Å². The zero-order valence-electron chi connectivity index (χ0n) is 17.8. The van der Waals surface area contributed by atoms with Crippen molar-refractivity contribution >= 4 is 5.91 Å². The number of fused-ring (bicyclic) bond motifs is 1. The fourth-order valence-electron chi connectivity index (χ4n) is 4.75. The van der Waals surface area contributed by atoms with Crippen LogP contribution in [0.2, 0.25) is 0 Å². The summed E-state index contributed by atoms with van der Waals surface area (Å²) >= 11 is 0. The van der Waals surface area contributed by atoms with E-state index in [-0.39, 0.29) is 5.91 Å². The molecule has 0 aromatic heterocycles. The van der Waals surface area contributed by atoms with E-state index in [1.807, 2.05) is 0 Å². The summed E-state index contributed by atoms with van der Waals surface area (Å²) in [5.41, 5.74) is 3.08. The van der Waals surface area contributed by atoms with Crippen molar-refractivity contribution in [3.63, 3.8) is 0 Å². The first-order chi connectivity index (χ1) is 13.6. The molecule has 0 N–H and O–H groups in total. The van der Waals surface area contributed by atoms with Gasteiger partial charge in [0.1, 0.15) is 0 Å². The van der Waals surface area contributed by atoms with Gasteiger partial charge in [-0.2, -0.15) is 0 Å². The second kappa shape index (κ2) is 10.2. The lowest BCUT2D eigenvalue weighted by molar-refractivity contribution is -0.131. The number of hydrogen-bond acceptors (Lipinski definition) is 3. The molecule has 1 aliphatic carbocycles. The maximum atomic E-state index is 12.5. The molecule has 2 aliphatic rings. The smallest absolute Gasteiger partial charge is 0.226 e. The molecule has 3 rings (SSSR count). The Morgan fingerprint density at radius 2 is 1.79 bits per heavy atom. The van der Waals surface area contributed by atoms with Gasteiger partial charge in [-0.25, -0.2) is 0 Å². The van der Waals surface area contributed by atoms with Crippen molar-refractivity contribution in [2.45, 2.75) is 44.6 Å². The summed E-state index contributed by atoms with van der Waals surface area (Å²) < 4.78 is 0. The molecule has 1 aromatic carbocycles. The Morgan fingerprint density at radius 3 is 2.36 bits per heavy atom. The molecule has 0 radical (unpaired) electrons. The zero-order chi connectivity index (χ0) is 19.9. The summed E-state index contributed by atoms with van der Waals surface area (Å²) in [5, 5.41) is 0. The molecular weight excluding hydrogens is 346 g/mol. The highest BCUT2D eigenvalue weighted by atomic mass is 16.2. The molecule has 4 heteroatoms. The molecule has 0 bridgehead atoms. The van der Waals surface area contributed by atoms with Crippen molar-refractivity contribution in [3.8, 4) is 0 Å². The predicted molar refractivity (Wildman–Crippen MR) is 117 cm³/mol. The number of likely N-dealkylation sites (tertiary alicyclic amines) is 1. The lowest BCUT2D eigenvalue weighted by atomic mass is 9.94. The second-order valence-electron chi connectivity index (χ2n) is 8.80. The number of nitrogens with zero attached hydrogens (tertiary/aromatic N) is 3. The van der Waals surface area contributed by atoms with E-state index in [0.717, 1.165) is 26.1 Å². The van der Waals surface area contributed by atoms with Crippen LogP contribution in [0.1, 0.15) is 36.8 Å². The minimum atomic E-state index is 0.238. The van der Waals surface area contributed by atoms with Crippen molar-refractivity contribution in [2.75, 3.05) is 46.8 Å². The highest BCUT2D eigenvalue weighted by Crippen LogP contribution is 2.29. The Kier molecular flexibility index (Phi) is 7.69. The van der Waals surface area contributed by atoms with Crippen molar-refractivity contribution < 1.29 is 4.79 Å². The lowest BCUT2D eigenvalue weighted by Gasteiger charge is -2.38. The lowest BCUT2D eigenvalue weighted by Crippen LogP contribution is -2.45. The van der Waals surface area contributed by atoms with Crippen LogP contribution in [0.3, 0.4) is 0 Å². The average molecular weight is 384 g/mol. The van der Waals surface area contributed by atoms with Crippen molar-refractivity contribution in [1.82, 2.24) is 14.7 Å². The van der Waals surface area contributed by atoms with Crippen molar-refractivity contribution in [2.24, 2.45) is 5.92 Å². The highest BCUT2D eigenvalue weighted by molar-refractivity contribution is 5.77. The maximum Gasteiger partial charge on any atom is 0.226 e. The van der Waals surface area contributed by atoms with Gasteiger partial charge in [-0.15, -0.1) is 6.58 Å². The SMILES string of the molecule is C=CCC(=O)N(CCCN(C)C)CC1CCN(C2Cc3ccccc3C2)CC1. The molecule has 1 amide bonds. The van der Waals surface area contributed by atoms with E-state index in [0.29, 0.717) is 18.4 Å². The summed E-state index contributed by atoms with van der Waals surface area (Å²) in [5.74, 6) is 0.871. The molecule has 154 valence electrons. The number of carbonyl (C=O) groups excluding carboxylic acids is 1. The first-order valence-corrected chi connectivity index (χ1v) is 10.9. The standard InChI is InChI=1S/C24H37N3O/c1-4-8-24(28)27(14-7-13-25(2)3)19-20-11-15-26(16-12-20)23-17-21-9-5-6-10-22(21)18-23/h4-6,9-10,20,23H,1,7-8,11-19H2,2-3H3. The fourth-order valence-corrected chi connectivity index (χ4v) is 4.75. The Bertz CT molecular complexity index is 624. The largest absolute Gasteiger partial charge is 0.342 e. The molecule has 0 atom stereocenters. The van der Waals surface area contributed by atoms with Gasteiger partial charge in [0, 0.05) is 25.6 Å². The fraction of sp³-hybridized carbons (Fsp3) is 0.625. The van der Waals surface area contributed by atoms with E-state index < -0.39 is 0 Å². The van der Waals surface area contributed by atoms with E-state index in [1.54, 1.807) is 6.08 Å². The van der Waals surface area contributed by atoms with Gasteiger partial charge in [-0.05, 0) is 82.9 Å². The molecular formula is C24H37N3O. The Labute approximate surface area is 171 Å². The maximum absolute atomic E-state index is 12.5. The van der Waals surface area contributed by atoms with E-state index >= 15 is 0 Å². The Morgan fingerprint density at radius 1 is 1.14 bits per heavy atom. The van der Waals surface area contributed by atoms with E-state index in [4.69, 9.17) is 0 Å². The number of amides is 1. The quantitative estimate of drug-likeness (QED) is 0.613. The number of piperidine rings is 1. The minimum Gasteiger partial charge on any atom is -0.342 e. The predicted octanol–water partition coefficient (Wildman–Crippen LogP) is 3.22. The third kappa shape index (κ3) is 5.68. The van der Waals surface area contributed by atoms with E-state index in [2.05, 4.69) is 59.6 Å². The third-order valence-electron chi connectivity index (χ3n) is 6.38. The summed E-state index contributed by atoms with van der Waals surface area (Å²) in [7, 11) is 4.18. The van der Waals surface area contributed by atoms with Crippen LogP contribution in [0.15, 0.2) is 36.9 Å². The molecule has 1 heterocycles. The zero-order valence-corrected chi connectivity index (χ0v) is 17.8. The van der Waals surface area contributed by atoms with Gasteiger partial charge in [-0.1, -0.05) is 30.3 Å². The van der Waals surface area contributed by atoms with E-state index in [1.165, 1.54) is 49.9 Å². The van der Waals surface area contributed by atoms with Gasteiger partial charge in [0.15, 0.2) is 0 Å². The van der Waals surface area contributed by atoms with Gasteiger partial charge >= 0.3 is 0 Å². The van der Waals surface area contributed by atoms with Crippen LogP contribution >= 0.6 is 0 Å². The van der Waals surface area contributed by atoms with Gasteiger partial charge in [0.2, 0.25) is 5.91 Å². The molecule has 1 aromatic rings. The first-order valence-electron chi connectivity index (χ1n) is 10.9. The van der Waals surface area contributed by atoms with Crippen molar-refractivity contribution in [1.29, 1.82) is 0 Å². The normalized spacial score (nSPS) is 18.4. The molecule has 4 nitrogen and oxygen atoms in total. The molecule has 0 saturated carbocycles. The summed E-state index contributed by atoms with van der Waals surface area (Å²) in [6.07, 6.45) is 8.05. The van der Waals surface area contributed by atoms with Crippen LogP contribution in [-0.4, -0.2) is 73.5 Å². The molecule has 28 heavy (non-hydrogen) atoms. The monoisotopic (exact) mass is 383 g/mol. The van der Waals surface area contributed by atoms with Crippen molar-refractivity contribution in [3.05, 3.63) is 48.0 Å². The van der Waals surface area contributed by atoms with Crippen LogP contribution < -0.4 is 0 Å². The molecule has 1 aliphatic heterocycles. The molecule has 1 saturated heterocycles. The summed E-state index contributed by atoms with van der Waals surface area (Å²) in [6.45, 7) is 8.90. The van der Waals surface area contributed by atoms with Crippen LogP contribution in [0.4, 0.5) is 0 Å². The average Bonchev–Trinajstić information content (AvgIpc) is 3.12. The Balaban J connectivity index is 1.47. The number of rotatable bonds is 9. The van der Waals surface area contributed by atoms with Crippen LogP contribution in [0, 0.1) is 5.92 Å². The minimum absolute atomic E-state index is 0.238. The third-order valence-corrected chi connectivity index (χ3v) is 6.38. The van der Waals surface area contributed by atoms with Gasteiger partial charge < -0.3 is 9.80 Å². The number of hydrogen-bond donors (Lipinski definition) is 0.